The van der Waals surface area contributed by atoms with Crippen LogP contribution in [0.1, 0.15) is 32.3 Å². The molecule has 3 rings (SSSR count). The molecule has 1 fully saturated rings. The lowest BCUT2D eigenvalue weighted by molar-refractivity contribution is -0.126. The first-order valence-corrected chi connectivity index (χ1v) is 8.97. The third kappa shape index (κ3) is 4.35. The van der Waals surface area contributed by atoms with Crippen LogP contribution in [0.25, 0.3) is 11.3 Å². The Hall–Kier alpha value is -2.43. The standard InChI is InChI=1S/C20H26N4O/c1-14(2)23-20(25)16-7-9-24(10-8-16)19-12-18(21-13-22-19)17-6-4-5-15(3)11-17/h4-6,11-14,16H,7-10H2,1-3H3,(H,23,25). The predicted octanol–water partition coefficient (Wildman–Crippen LogP) is 3.19. The van der Waals surface area contributed by atoms with Crippen LogP contribution in [0, 0.1) is 12.8 Å². The van der Waals surface area contributed by atoms with Crippen molar-refractivity contribution < 1.29 is 4.79 Å². The van der Waals surface area contributed by atoms with Gasteiger partial charge in [0.05, 0.1) is 5.69 Å². The lowest BCUT2D eigenvalue weighted by Crippen LogP contribution is -2.42. The second-order valence-electron chi connectivity index (χ2n) is 7.06. The Morgan fingerprint density at radius 2 is 1.96 bits per heavy atom. The van der Waals surface area contributed by atoms with E-state index in [9.17, 15) is 4.79 Å². The highest BCUT2D eigenvalue weighted by atomic mass is 16.1. The van der Waals surface area contributed by atoms with Crippen LogP contribution < -0.4 is 10.2 Å². The minimum absolute atomic E-state index is 0.108. The Labute approximate surface area is 149 Å². The zero-order valence-electron chi connectivity index (χ0n) is 15.2. The van der Waals surface area contributed by atoms with E-state index in [0.29, 0.717) is 0 Å². The number of hydrogen-bond acceptors (Lipinski definition) is 4. The van der Waals surface area contributed by atoms with E-state index in [1.165, 1.54) is 5.56 Å². The highest BCUT2D eigenvalue weighted by Crippen LogP contribution is 2.25. The summed E-state index contributed by atoms with van der Waals surface area (Å²) in [7, 11) is 0. The Morgan fingerprint density at radius 3 is 2.64 bits per heavy atom. The Morgan fingerprint density at radius 1 is 1.20 bits per heavy atom. The van der Waals surface area contributed by atoms with Gasteiger partial charge in [0.2, 0.25) is 5.91 Å². The summed E-state index contributed by atoms with van der Waals surface area (Å²) in [6.07, 6.45) is 3.36. The largest absolute Gasteiger partial charge is 0.356 e. The van der Waals surface area contributed by atoms with Gasteiger partial charge in [0.1, 0.15) is 12.1 Å². The summed E-state index contributed by atoms with van der Waals surface area (Å²) in [5.74, 6) is 1.23. The van der Waals surface area contributed by atoms with Gasteiger partial charge in [-0.1, -0.05) is 23.8 Å². The number of hydrogen-bond donors (Lipinski definition) is 1. The third-order valence-electron chi connectivity index (χ3n) is 4.59. The Kier molecular flexibility index (Phi) is 5.31. The maximum Gasteiger partial charge on any atom is 0.223 e. The van der Waals surface area contributed by atoms with Crippen molar-refractivity contribution in [3.8, 4) is 11.3 Å². The molecule has 0 bridgehead atoms. The molecule has 2 heterocycles. The number of carbonyl (C=O) groups excluding carboxylic acids is 1. The highest BCUT2D eigenvalue weighted by Gasteiger charge is 2.26. The first-order chi connectivity index (χ1) is 12.0. The maximum atomic E-state index is 12.2. The summed E-state index contributed by atoms with van der Waals surface area (Å²) in [5, 5.41) is 3.02. The van der Waals surface area contributed by atoms with E-state index in [2.05, 4.69) is 45.3 Å². The number of aromatic nitrogens is 2. The van der Waals surface area contributed by atoms with Crippen LogP contribution in [0.2, 0.25) is 0 Å². The number of benzene rings is 1. The molecule has 1 aromatic carbocycles. The molecule has 1 saturated heterocycles. The van der Waals surface area contributed by atoms with Gasteiger partial charge in [0.15, 0.2) is 0 Å². The molecule has 132 valence electrons. The molecule has 5 heteroatoms. The van der Waals surface area contributed by atoms with Gasteiger partial charge in [-0.05, 0) is 39.7 Å². The number of amides is 1. The number of nitrogens with zero attached hydrogens (tertiary/aromatic N) is 3. The van der Waals surface area contributed by atoms with E-state index in [0.717, 1.165) is 43.0 Å². The molecule has 0 radical (unpaired) electrons. The average Bonchev–Trinajstić information content (AvgIpc) is 2.61. The summed E-state index contributed by atoms with van der Waals surface area (Å²) in [6.45, 7) is 7.78. The van der Waals surface area contributed by atoms with Crippen LogP contribution in [0.15, 0.2) is 36.7 Å². The van der Waals surface area contributed by atoms with Crippen LogP contribution in [-0.4, -0.2) is 35.0 Å². The van der Waals surface area contributed by atoms with Gasteiger partial charge in [-0.3, -0.25) is 4.79 Å². The molecule has 1 aliphatic rings. The zero-order chi connectivity index (χ0) is 17.8. The van der Waals surface area contributed by atoms with Gasteiger partial charge in [0, 0.05) is 36.7 Å². The molecule has 0 atom stereocenters. The van der Waals surface area contributed by atoms with E-state index in [1.807, 2.05) is 26.0 Å². The van der Waals surface area contributed by atoms with Gasteiger partial charge in [-0.2, -0.15) is 0 Å². The summed E-state index contributed by atoms with van der Waals surface area (Å²) < 4.78 is 0. The summed E-state index contributed by atoms with van der Waals surface area (Å²) >= 11 is 0. The number of aryl methyl sites for hydroxylation is 1. The fraction of sp³-hybridized carbons (Fsp3) is 0.450. The van der Waals surface area contributed by atoms with Gasteiger partial charge >= 0.3 is 0 Å². The number of carbonyl (C=O) groups is 1. The number of rotatable bonds is 4. The van der Waals surface area contributed by atoms with E-state index in [4.69, 9.17) is 0 Å². The molecule has 0 unspecified atom stereocenters. The smallest absolute Gasteiger partial charge is 0.223 e. The molecule has 5 nitrogen and oxygen atoms in total. The molecule has 1 amide bonds. The maximum absolute atomic E-state index is 12.2. The second kappa shape index (κ2) is 7.64. The molecule has 2 aromatic rings. The minimum Gasteiger partial charge on any atom is -0.356 e. The lowest BCUT2D eigenvalue weighted by atomic mass is 9.95. The average molecular weight is 338 g/mol. The van der Waals surface area contributed by atoms with Crippen LogP contribution in [0.3, 0.4) is 0 Å². The fourth-order valence-electron chi connectivity index (χ4n) is 3.26. The van der Waals surface area contributed by atoms with Crippen LogP contribution in [0.4, 0.5) is 5.82 Å². The monoisotopic (exact) mass is 338 g/mol. The SMILES string of the molecule is Cc1cccc(-c2cc(N3CCC(C(=O)NC(C)C)CC3)ncn2)c1. The number of nitrogens with one attached hydrogen (secondary N) is 1. The van der Waals surface area contributed by atoms with E-state index < -0.39 is 0 Å². The lowest BCUT2D eigenvalue weighted by Gasteiger charge is -2.32. The summed E-state index contributed by atoms with van der Waals surface area (Å²) in [4.78, 5) is 23.3. The quantitative estimate of drug-likeness (QED) is 0.930. The van der Waals surface area contributed by atoms with Crippen molar-refractivity contribution in [3.05, 3.63) is 42.2 Å². The summed E-state index contributed by atoms with van der Waals surface area (Å²) in [5.41, 5.74) is 3.26. The van der Waals surface area contributed by atoms with Crippen molar-refractivity contribution in [2.24, 2.45) is 5.92 Å². The minimum atomic E-state index is 0.108. The van der Waals surface area contributed by atoms with Crippen molar-refractivity contribution in [1.82, 2.24) is 15.3 Å². The Balaban J connectivity index is 1.68. The molecule has 0 saturated carbocycles. The zero-order valence-corrected chi connectivity index (χ0v) is 15.2. The van der Waals surface area contributed by atoms with Crippen molar-refractivity contribution >= 4 is 11.7 Å². The molecule has 0 aliphatic carbocycles. The van der Waals surface area contributed by atoms with Crippen molar-refractivity contribution in [3.63, 3.8) is 0 Å². The van der Waals surface area contributed by atoms with Gasteiger partial charge in [-0.25, -0.2) is 9.97 Å². The topological polar surface area (TPSA) is 58.1 Å². The molecule has 1 aliphatic heterocycles. The van der Waals surface area contributed by atoms with E-state index in [1.54, 1.807) is 6.33 Å². The first kappa shape index (κ1) is 17.4. The molecule has 1 aromatic heterocycles. The summed E-state index contributed by atoms with van der Waals surface area (Å²) in [6, 6.07) is 10.6. The normalized spacial score (nSPS) is 15.4. The Bertz CT molecular complexity index is 736. The predicted molar refractivity (Wildman–Crippen MR) is 100 cm³/mol. The first-order valence-electron chi connectivity index (χ1n) is 8.97. The van der Waals surface area contributed by atoms with Crippen molar-refractivity contribution in [2.75, 3.05) is 18.0 Å². The van der Waals surface area contributed by atoms with E-state index >= 15 is 0 Å². The molecule has 25 heavy (non-hydrogen) atoms. The third-order valence-corrected chi connectivity index (χ3v) is 4.59. The van der Waals surface area contributed by atoms with E-state index in [-0.39, 0.29) is 17.9 Å². The molecule has 0 spiro atoms. The van der Waals surface area contributed by atoms with Crippen LogP contribution >= 0.6 is 0 Å². The van der Waals surface area contributed by atoms with Crippen molar-refractivity contribution in [2.45, 2.75) is 39.7 Å². The number of anilines is 1. The van der Waals surface area contributed by atoms with Gasteiger partial charge in [0.25, 0.3) is 0 Å². The fourth-order valence-corrected chi connectivity index (χ4v) is 3.26. The van der Waals surface area contributed by atoms with Gasteiger partial charge in [-0.15, -0.1) is 0 Å². The molecule has 1 N–H and O–H groups in total. The molecular weight excluding hydrogens is 312 g/mol. The van der Waals surface area contributed by atoms with Gasteiger partial charge < -0.3 is 10.2 Å². The van der Waals surface area contributed by atoms with Crippen LogP contribution in [0.5, 0.6) is 0 Å². The number of piperidine rings is 1. The second-order valence-corrected chi connectivity index (χ2v) is 7.06. The van der Waals surface area contributed by atoms with Crippen molar-refractivity contribution in [1.29, 1.82) is 0 Å². The molecular formula is C20H26N4O. The highest BCUT2D eigenvalue weighted by molar-refractivity contribution is 5.79. The van der Waals surface area contributed by atoms with Crippen LogP contribution in [-0.2, 0) is 4.79 Å².